The summed E-state index contributed by atoms with van der Waals surface area (Å²) in [7, 11) is 3.26. The first-order valence-corrected chi connectivity index (χ1v) is 17.1. The summed E-state index contributed by atoms with van der Waals surface area (Å²) >= 11 is 0. The number of benzene rings is 3. The number of carbonyl (C=O) groups excluding carboxylic acids is 2. The summed E-state index contributed by atoms with van der Waals surface area (Å²) in [5.74, 6) is 1.74. The van der Waals surface area contributed by atoms with Crippen LogP contribution in [0.25, 0.3) is 16.9 Å². The maximum atomic E-state index is 13.5. The minimum absolute atomic E-state index is 0.0937. The van der Waals surface area contributed by atoms with Gasteiger partial charge in [-0.05, 0) is 62.1 Å². The van der Waals surface area contributed by atoms with Gasteiger partial charge in [0.25, 0.3) is 0 Å². The summed E-state index contributed by atoms with van der Waals surface area (Å²) in [6.45, 7) is 2.93. The van der Waals surface area contributed by atoms with Gasteiger partial charge in [0, 0.05) is 46.9 Å². The Morgan fingerprint density at radius 1 is 0.980 bits per heavy atom. The first-order valence-electron chi connectivity index (χ1n) is 17.1. The standard InChI is InChI=1S/C39H41FN6O5/c1-24-17-31-29(37(41)48)11-7-13-32(31)46(24)39-42-36-30(12-8-14-33(36)51-23-35(47)44-21-27(40)22-44)38(43-39)45(19-25-9-5-4-6-10-25)20-26-15-16-28(49-2)18-34(26)50-3/h4-7,9-11,13,15-18,27,33H,8,12,14,19-23H2,1-3H3,(H2,41,48). The van der Waals surface area contributed by atoms with Gasteiger partial charge in [0.15, 0.2) is 0 Å². The number of halogens is 1. The molecule has 264 valence electrons. The number of nitrogens with zero attached hydrogens (tertiary/aromatic N) is 5. The molecule has 0 saturated carbocycles. The molecule has 1 atom stereocenters. The van der Waals surface area contributed by atoms with E-state index in [0.717, 1.165) is 40.1 Å². The van der Waals surface area contributed by atoms with Gasteiger partial charge in [0.1, 0.15) is 36.2 Å². The molecule has 5 aromatic rings. The third-order valence-corrected chi connectivity index (χ3v) is 9.67. The molecule has 1 saturated heterocycles. The molecule has 7 rings (SSSR count). The molecule has 0 spiro atoms. The van der Waals surface area contributed by atoms with Crippen LogP contribution >= 0.6 is 0 Å². The second kappa shape index (κ2) is 14.4. The number of hydrogen-bond acceptors (Lipinski definition) is 8. The lowest BCUT2D eigenvalue weighted by atomic mass is 9.93. The van der Waals surface area contributed by atoms with Crippen LogP contribution < -0.4 is 20.1 Å². The molecule has 1 aliphatic heterocycles. The molecule has 1 aliphatic carbocycles. The highest BCUT2D eigenvalue weighted by atomic mass is 19.1. The van der Waals surface area contributed by atoms with Gasteiger partial charge in [0.2, 0.25) is 17.8 Å². The van der Waals surface area contributed by atoms with Crippen molar-refractivity contribution < 1.29 is 28.2 Å². The number of nitrogens with two attached hydrogens (primary N) is 1. The summed E-state index contributed by atoms with van der Waals surface area (Å²) in [5, 5.41) is 0.702. The van der Waals surface area contributed by atoms with Gasteiger partial charge >= 0.3 is 0 Å². The maximum Gasteiger partial charge on any atom is 0.249 e. The summed E-state index contributed by atoms with van der Waals surface area (Å²) in [5.41, 5.74) is 11.4. The summed E-state index contributed by atoms with van der Waals surface area (Å²) in [6, 6.07) is 23.3. The van der Waals surface area contributed by atoms with Crippen LogP contribution in [0, 0.1) is 6.92 Å². The Balaban J connectivity index is 1.38. The summed E-state index contributed by atoms with van der Waals surface area (Å²) < 4.78 is 33.1. The van der Waals surface area contributed by atoms with Crippen LogP contribution in [0.4, 0.5) is 10.2 Å². The number of ether oxygens (including phenoxy) is 3. The quantitative estimate of drug-likeness (QED) is 0.179. The zero-order valence-corrected chi connectivity index (χ0v) is 29.0. The van der Waals surface area contributed by atoms with Gasteiger partial charge in [-0.25, -0.2) is 9.37 Å². The lowest BCUT2D eigenvalue weighted by Crippen LogP contribution is -2.52. The molecule has 1 fully saturated rings. The fourth-order valence-electron chi connectivity index (χ4n) is 7.04. The second-order valence-electron chi connectivity index (χ2n) is 13.0. The van der Waals surface area contributed by atoms with Crippen molar-refractivity contribution in [3.8, 4) is 17.4 Å². The molecule has 0 radical (unpaired) electrons. The molecule has 12 heteroatoms. The predicted octanol–water partition coefficient (Wildman–Crippen LogP) is 5.63. The van der Waals surface area contributed by atoms with Crippen molar-refractivity contribution in [2.75, 3.05) is 38.8 Å². The highest BCUT2D eigenvalue weighted by molar-refractivity contribution is 6.06. The highest BCUT2D eigenvalue weighted by Gasteiger charge is 2.34. The maximum absolute atomic E-state index is 13.5. The fourth-order valence-corrected chi connectivity index (χ4v) is 7.04. The number of hydrogen-bond donors (Lipinski definition) is 1. The molecule has 11 nitrogen and oxygen atoms in total. The fraction of sp³-hybridized carbons (Fsp3) is 0.333. The normalized spacial score (nSPS) is 15.7. The molecule has 0 bridgehead atoms. The SMILES string of the molecule is COc1ccc(CN(Cc2ccccc2)c2nc(-n3c(C)cc4c(C(N)=O)cccc43)nc3c2CCCC3OCC(=O)N2CC(F)C2)c(OC)c1. The Morgan fingerprint density at radius 3 is 2.51 bits per heavy atom. The number of likely N-dealkylation sites (tertiary alicyclic amines) is 1. The van der Waals surface area contributed by atoms with Crippen LogP contribution in [0.15, 0.2) is 72.8 Å². The monoisotopic (exact) mass is 692 g/mol. The average Bonchev–Trinajstić information content (AvgIpc) is 3.47. The number of primary amides is 1. The molecule has 2 aromatic heterocycles. The van der Waals surface area contributed by atoms with Crippen molar-refractivity contribution in [2.24, 2.45) is 5.73 Å². The van der Waals surface area contributed by atoms with Crippen molar-refractivity contribution in [1.29, 1.82) is 0 Å². The minimum atomic E-state index is -0.989. The van der Waals surface area contributed by atoms with Gasteiger partial charge in [-0.2, -0.15) is 4.98 Å². The van der Waals surface area contributed by atoms with E-state index in [9.17, 15) is 14.0 Å². The first-order chi connectivity index (χ1) is 24.7. The average molecular weight is 693 g/mol. The zero-order valence-electron chi connectivity index (χ0n) is 29.0. The number of rotatable bonds is 12. The zero-order chi connectivity index (χ0) is 35.6. The van der Waals surface area contributed by atoms with Crippen molar-refractivity contribution >= 4 is 28.5 Å². The number of alkyl halides is 1. The Labute approximate surface area is 295 Å². The van der Waals surface area contributed by atoms with Crippen molar-refractivity contribution in [1.82, 2.24) is 19.4 Å². The molecular weight excluding hydrogens is 651 g/mol. The number of anilines is 1. The van der Waals surface area contributed by atoms with Gasteiger partial charge in [-0.3, -0.25) is 14.2 Å². The molecule has 1 unspecified atom stereocenters. The molecule has 2 aliphatic rings. The smallest absolute Gasteiger partial charge is 0.249 e. The van der Waals surface area contributed by atoms with E-state index < -0.39 is 18.2 Å². The van der Waals surface area contributed by atoms with Crippen LogP contribution in [0.1, 0.15) is 57.4 Å². The molecule has 2 N–H and O–H groups in total. The van der Waals surface area contributed by atoms with E-state index in [-0.39, 0.29) is 25.6 Å². The number of aromatic nitrogens is 3. The van der Waals surface area contributed by atoms with E-state index in [0.29, 0.717) is 60.0 Å². The van der Waals surface area contributed by atoms with Gasteiger partial charge in [-0.1, -0.05) is 36.4 Å². The Hall–Kier alpha value is -5.49. The molecule has 3 aromatic carbocycles. The third-order valence-electron chi connectivity index (χ3n) is 9.67. The number of carbonyl (C=O) groups is 2. The van der Waals surface area contributed by atoms with Gasteiger partial charge in [0.05, 0.1) is 38.5 Å². The van der Waals surface area contributed by atoms with E-state index in [2.05, 4.69) is 17.0 Å². The molecule has 3 heterocycles. The van der Waals surface area contributed by atoms with Crippen LogP contribution in [0.3, 0.4) is 0 Å². The van der Waals surface area contributed by atoms with Crippen molar-refractivity contribution in [3.63, 3.8) is 0 Å². The Morgan fingerprint density at radius 2 is 1.78 bits per heavy atom. The topological polar surface area (TPSA) is 125 Å². The van der Waals surface area contributed by atoms with E-state index in [1.54, 1.807) is 26.4 Å². The number of aryl methyl sites for hydroxylation is 1. The summed E-state index contributed by atoms with van der Waals surface area (Å²) in [6.07, 6.45) is 0.687. The van der Waals surface area contributed by atoms with Crippen molar-refractivity contribution in [2.45, 2.75) is 51.6 Å². The molecule has 2 amide bonds. The minimum Gasteiger partial charge on any atom is -0.497 e. The number of amides is 2. The second-order valence-corrected chi connectivity index (χ2v) is 13.0. The molecule has 51 heavy (non-hydrogen) atoms. The third kappa shape index (κ3) is 6.83. The van der Waals surface area contributed by atoms with Crippen LogP contribution in [0.5, 0.6) is 11.5 Å². The van der Waals surface area contributed by atoms with Gasteiger partial charge in [-0.15, -0.1) is 0 Å². The Bertz CT molecular complexity index is 2080. The lowest BCUT2D eigenvalue weighted by Gasteiger charge is -2.35. The number of fused-ring (bicyclic) bond motifs is 2. The van der Waals surface area contributed by atoms with Crippen LogP contribution in [-0.2, 0) is 29.0 Å². The van der Waals surface area contributed by atoms with Crippen LogP contribution in [-0.4, -0.2) is 71.3 Å². The van der Waals surface area contributed by atoms with E-state index in [4.69, 9.17) is 29.9 Å². The first kappa shape index (κ1) is 34.0. The van der Waals surface area contributed by atoms with E-state index >= 15 is 0 Å². The lowest BCUT2D eigenvalue weighted by molar-refractivity contribution is -0.145. The van der Waals surface area contributed by atoms with Crippen molar-refractivity contribution in [3.05, 3.63) is 106 Å². The van der Waals surface area contributed by atoms with Crippen LogP contribution in [0.2, 0.25) is 0 Å². The van der Waals surface area contributed by atoms with E-state index in [1.807, 2.05) is 60.0 Å². The predicted molar refractivity (Wildman–Crippen MR) is 191 cm³/mol. The number of methoxy groups -OCH3 is 2. The largest absolute Gasteiger partial charge is 0.497 e. The van der Waals surface area contributed by atoms with Gasteiger partial charge < -0.3 is 29.7 Å². The van der Waals surface area contributed by atoms with E-state index in [1.165, 1.54) is 4.90 Å². The highest BCUT2D eigenvalue weighted by Crippen LogP contribution is 2.39. The molecular formula is C39H41FN6O5. The summed E-state index contributed by atoms with van der Waals surface area (Å²) in [4.78, 5) is 39.4. The Kier molecular flexibility index (Phi) is 9.59.